The summed E-state index contributed by atoms with van der Waals surface area (Å²) in [5, 5.41) is 6.52. The maximum absolute atomic E-state index is 12.4. The maximum atomic E-state index is 12.4. The van der Waals surface area contributed by atoms with E-state index < -0.39 is 0 Å². The first kappa shape index (κ1) is 14.0. The van der Waals surface area contributed by atoms with Crippen molar-refractivity contribution >= 4 is 17.7 Å². The molecule has 1 amide bonds. The van der Waals surface area contributed by atoms with Crippen LogP contribution in [0.2, 0.25) is 0 Å². The van der Waals surface area contributed by atoms with Gasteiger partial charge in [0.25, 0.3) is 0 Å². The molecule has 4 heteroatoms. The third-order valence-electron chi connectivity index (χ3n) is 4.32. The Hall–Kier alpha value is -1.00. The molecule has 0 bridgehead atoms. The van der Waals surface area contributed by atoms with Crippen LogP contribution >= 0.6 is 11.8 Å². The summed E-state index contributed by atoms with van der Waals surface area (Å²) in [4.78, 5) is 12.4. The summed E-state index contributed by atoms with van der Waals surface area (Å²) >= 11 is 2.03. The lowest BCUT2D eigenvalue weighted by Gasteiger charge is -2.27. The summed E-state index contributed by atoms with van der Waals surface area (Å²) in [7, 11) is 0. The highest BCUT2D eigenvalue weighted by Gasteiger charge is 2.26. The van der Waals surface area contributed by atoms with Gasteiger partial charge in [-0.3, -0.25) is 4.79 Å². The molecule has 0 spiro atoms. The third-order valence-corrected chi connectivity index (χ3v) is 5.37. The lowest BCUT2D eigenvalue weighted by Crippen LogP contribution is -2.40. The number of hydrogen-bond acceptors (Lipinski definition) is 3. The van der Waals surface area contributed by atoms with E-state index in [1.165, 1.54) is 35.5 Å². The summed E-state index contributed by atoms with van der Waals surface area (Å²) in [5.74, 6) is 3.32. The van der Waals surface area contributed by atoms with Crippen LogP contribution in [-0.2, 0) is 11.3 Å². The summed E-state index contributed by atoms with van der Waals surface area (Å²) in [5.41, 5.74) is 2.45. The van der Waals surface area contributed by atoms with E-state index >= 15 is 0 Å². The normalized spacial score (nSPS) is 23.1. The fourth-order valence-corrected chi connectivity index (χ4v) is 4.25. The minimum absolute atomic E-state index is 0.0297. The topological polar surface area (TPSA) is 41.1 Å². The molecule has 2 N–H and O–H groups in total. The fraction of sp³-hybridized carbons (Fsp3) is 0.562. The highest BCUT2D eigenvalue weighted by Crippen LogP contribution is 2.25. The van der Waals surface area contributed by atoms with Crippen molar-refractivity contribution in [1.82, 2.24) is 10.6 Å². The van der Waals surface area contributed by atoms with Gasteiger partial charge in [0.15, 0.2) is 0 Å². The van der Waals surface area contributed by atoms with Gasteiger partial charge in [-0.1, -0.05) is 24.3 Å². The van der Waals surface area contributed by atoms with Gasteiger partial charge >= 0.3 is 0 Å². The lowest BCUT2D eigenvalue weighted by molar-refractivity contribution is -0.122. The van der Waals surface area contributed by atoms with Gasteiger partial charge in [-0.05, 0) is 41.4 Å². The van der Waals surface area contributed by atoms with Crippen LogP contribution in [0.15, 0.2) is 24.3 Å². The number of fused-ring (bicyclic) bond motifs is 1. The first-order valence-electron chi connectivity index (χ1n) is 7.48. The molecule has 2 aliphatic rings. The van der Waals surface area contributed by atoms with Crippen LogP contribution in [0, 0.1) is 5.92 Å². The summed E-state index contributed by atoms with van der Waals surface area (Å²) in [6.45, 7) is 2.47. The molecule has 1 saturated heterocycles. The Bertz CT molecular complexity index is 471. The standard InChI is InChI=1S/C16H22N2OS/c19-16(18-9-12-5-7-20-8-6-12)15-11-17-10-13-3-1-2-4-14(13)15/h1-4,12,15,17H,5-11H2,(H,18,19). The molecule has 1 fully saturated rings. The predicted molar refractivity (Wildman–Crippen MR) is 83.9 cm³/mol. The van der Waals surface area contributed by atoms with Crippen LogP contribution in [0.1, 0.15) is 29.9 Å². The zero-order valence-electron chi connectivity index (χ0n) is 11.7. The van der Waals surface area contributed by atoms with Gasteiger partial charge in [-0.15, -0.1) is 0 Å². The van der Waals surface area contributed by atoms with Crippen LogP contribution in [0.3, 0.4) is 0 Å². The first-order chi connectivity index (χ1) is 9.84. The summed E-state index contributed by atoms with van der Waals surface area (Å²) < 4.78 is 0. The van der Waals surface area contributed by atoms with Crippen molar-refractivity contribution in [3.05, 3.63) is 35.4 Å². The number of rotatable bonds is 3. The largest absolute Gasteiger partial charge is 0.355 e. The molecule has 0 radical (unpaired) electrons. The monoisotopic (exact) mass is 290 g/mol. The van der Waals surface area contributed by atoms with E-state index in [0.717, 1.165) is 19.6 Å². The Morgan fingerprint density at radius 3 is 2.95 bits per heavy atom. The highest BCUT2D eigenvalue weighted by molar-refractivity contribution is 7.99. The molecule has 1 aromatic carbocycles. The SMILES string of the molecule is O=C(NCC1CCSCC1)C1CNCc2ccccc21. The van der Waals surface area contributed by atoms with Gasteiger partial charge in [0, 0.05) is 19.6 Å². The van der Waals surface area contributed by atoms with E-state index in [-0.39, 0.29) is 11.8 Å². The second kappa shape index (κ2) is 6.64. The number of carbonyl (C=O) groups is 1. The average Bonchev–Trinajstić information content (AvgIpc) is 2.53. The van der Waals surface area contributed by atoms with Gasteiger partial charge in [0.05, 0.1) is 5.92 Å². The molecule has 0 aromatic heterocycles. The Morgan fingerprint density at radius 1 is 1.30 bits per heavy atom. The molecule has 0 saturated carbocycles. The lowest BCUT2D eigenvalue weighted by atomic mass is 9.90. The van der Waals surface area contributed by atoms with Gasteiger partial charge < -0.3 is 10.6 Å². The van der Waals surface area contributed by atoms with Gasteiger partial charge in [-0.2, -0.15) is 11.8 Å². The molecular formula is C16H22N2OS. The molecule has 3 rings (SSSR count). The molecule has 1 aromatic rings. The van der Waals surface area contributed by atoms with E-state index in [1.54, 1.807) is 0 Å². The zero-order chi connectivity index (χ0) is 13.8. The molecule has 3 nitrogen and oxygen atoms in total. The van der Waals surface area contributed by atoms with Crippen molar-refractivity contribution in [2.24, 2.45) is 5.92 Å². The minimum atomic E-state index is -0.0297. The fourth-order valence-electron chi connectivity index (χ4n) is 3.05. The number of nitrogens with one attached hydrogen (secondary N) is 2. The van der Waals surface area contributed by atoms with Crippen molar-refractivity contribution in [1.29, 1.82) is 0 Å². The van der Waals surface area contributed by atoms with Crippen LogP contribution in [0.4, 0.5) is 0 Å². The first-order valence-corrected chi connectivity index (χ1v) is 8.64. The molecule has 2 heterocycles. The van der Waals surface area contributed by atoms with Crippen LogP contribution in [0.5, 0.6) is 0 Å². The van der Waals surface area contributed by atoms with Crippen LogP contribution < -0.4 is 10.6 Å². The van der Waals surface area contributed by atoms with Crippen molar-refractivity contribution in [2.75, 3.05) is 24.6 Å². The Morgan fingerprint density at radius 2 is 2.10 bits per heavy atom. The van der Waals surface area contributed by atoms with Gasteiger partial charge in [0.1, 0.15) is 0 Å². The van der Waals surface area contributed by atoms with Crippen LogP contribution in [-0.4, -0.2) is 30.5 Å². The van der Waals surface area contributed by atoms with E-state index in [0.29, 0.717) is 5.92 Å². The molecular weight excluding hydrogens is 268 g/mol. The van der Waals surface area contributed by atoms with E-state index in [1.807, 2.05) is 23.9 Å². The van der Waals surface area contributed by atoms with Gasteiger partial charge in [-0.25, -0.2) is 0 Å². The predicted octanol–water partition coefficient (Wildman–Crippen LogP) is 2.13. The molecule has 20 heavy (non-hydrogen) atoms. The van der Waals surface area contributed by atoms with E-state index in [2.05, 4.69) is 22.8 Å². The van der Waals surface area contributed by atoms with Gasteiger partial charge in [0.2, 0.25) is 5.91 Å². The Labute approximate surface area is 124 Å². The Balaban J connectivity index is 1.60. The molecule has 108 valence electrons. The van der Waals surface area contributed by atoms with Crippen LogP contribution in [0.25, 0.3) is 0 Å². The smallest absolute Gasteiger partial charge is 0.228 e. The molecule has 1 atom stereocenters. The highest BCUT2D eigenvalue weighted by atomic mass is 32.2. The Kier molecular flexibility index (Phi) is 4.63. The quantitative estimate of drug-likeness (QED) is 0.896. The van der Waals surface area contributed by atoms with Crippen molar-refractivity contribution < 1.29 is 4.79 Å². The minimum Gasteiger partial charge on any atom is -0.355 e. The number of benzene rings is 1. The van der Waals surface area contributed by atoms with E-state index in [4.69, 9.17) is 0 Å². The van der Waals surface area contributed by atoms with Crippen molar-refractivity contribution in [3.8, 4) is 0 Å². The molecule has 1 unspecified atom stereocenters. The van der Waals surface area contributed by atoms with E-state index in [9.17, 15) is 4.79 Å². The summed E-state index contributed by atoms with van der Waals surface area (Å²) in [6.07, 6.45) is 2.48. The second-order valence-electron chi connectivity index (χ2n) is 5.68. The van der Waals surface area contributed by atoms with Crippen molar-refractivity contribution in [3.63, 3.8) is 0 Å². The maximum Gasteiger partial charge on any atom is 0.228 e. The molecule has 0 aliphatic carbocycles. The number of carbonyl (C=O) groups excluding carboxylic acids is 1. The number of hydrogen-bond donors (Lipinski definition) is 2. The average molecular weight is 290 g/mol. The molecule has 2 aliphatic heterocycles. The zero-order valence-corrected chi connectivity index (χ0v) is 12.5. The number of amides is 1. The third kappa shape index (κ3) is 3.18. The van der Waals surface area contributed by atoms with Crippen molar-refractivity contribution in [2.45, 2.75) is 25.3 Å². The second-order valence-corrected chi connectivity index (χ2v) is 6.91. The number of thioether (sulfide) groups is 1. The summed E-state index contributed by atoms with van der Waals surface area (Å²) in [6, 6.07) is 8.28.